The molecule has 108 valence electrons. The third-order valence-corrected chi connectivity index (χ3v) is 3.32. The second-order valence-corrected chi connectivity index (χ2v) is 5.19. The number of para-hydroxylation sites is 1. The molecule has 2 heterocycles. The summed E-state index contributed by atoms with van der Waals surface area (Å²) in [6.45, 7) is 4.33. The summed E-state index contributed by atoms with van der Waals surface area (Å²) in [5.74, 6) is 0.365. The van der Waals surface area contributed by atoms with Crippen LogP contribution in [0.5, 0.6) is 0 Å². The molecule has 0 unspecified atom stereocenters. The molecule has 0 aliphatic rings. The maximum absolute atomic E-state index is 11.3. The van der Waals surface area contributed by atoms with Crippen molar-refractivity contribution in [1.82, 2.24) is 14.7 Å². The maximum atomic E-state index is 11.3. The Hall–Kier alpha value is -2.63. The predicted octanol–water partition coefficient (Wildman–Crippen LogP) is 2.89. The minimum atomic E-state index is -0.950. The quantitative estimate of drug-likeness (QED) is 0.797. The molecule has 0 spiro atoms. The fraction of sp³-hybridized carbons (Fsp3) is 0.267. The van der Waals surface area contributed by atoms with Crippen LogP contribution in [0.2, 0.25) is 0 Å². The Labute approximate surface area is 121 Å². The average Bonchev–Trinajstić information content (AvgIpc) is 3.06. The van der Waals surface area contributed by atoms with E-state index in [4.69, 9.17) is 4.52 Å². The van der Waals surface area contributed by atoms with E-state index in [1.165, 1.54) is 0 Å². The van der Waals surface area contributed by atoms with Gasteiger partial charge < -0.3 is 14.2 Å². The van der Waals surface area contributed by atoms with E-state index in [2.05, 4.69) is 10.1 Å². The van der Waals surface area contributed by atoms with Crippen molar-refractivity contribution in [1.29, 1.82) is 0 Å². The summed E-state index contributed by atoms with van der Waals surface area (Å²) in [5, 5.41) is 14.1. The van der Waals surface area contributed by atoms with E-state index in [1.54, 1.807) is 12.1 Å². The average molecular weight is 285 g/mol. The number of benzene rings is 1. The van der Waals surface area contributed by atoms with E-state index >= 15 is 0 Å². The van der Waals surface area contributed by atoms with Crippen molar-refractivity contribution in [3.8, 4) is 0 Å². The molecule has 0 fully saturated rings. The van der Waals surface area contributed by atoms with Gasteiger partial charge in [-0.15, -0.1) is 0 Å². The Morgan fingerprint density at radius 2 is 2.19 bits per heavy atom. The molecule has 6 heteroatoms. The Balaban J connectivity index is 2.02. The van der Waals surface area contributed by atoms with Crippen LogP contribution in [0.4, 0.5) is 0 Å². The van der Waals surface area contributed by atoms with Crippen LogP contribution in [0.3, 0.4) is 0 Å². The van der Waals surface area contributed by atoms with Crippen LogP contribution in [0, 0.1) is 0 Å². The van der Waals surface area contributed by atoms with Crippen molar-refractivity contribution in [3.63, 3.8) is 0 Å². The van der Waals surface area contributed by atoms with Gasteiger partial charge in [0.15, 0.2) is 5.82 Å². The number of hydrogen-bond acceptors (Lipinski definition) is 4. The van der Waals surface area contributed by atoms with Crippen molar-refractivity contribution < 1.29 is 14.4 Å². The van der Waals surface area contributed by atoms with Gasteiger partial charge in [0.25, 0.3) is 0 Å². The lowest BCUT2D eigenvalue weighted by atomic mass is 10.1. The van der Waals surface area contributed by atoms with Crippen LogP contribution in [-0.4, -0.2) is 25.8 Å². The number of fused-ring (bicyclic) bond motifs is 1. The van der Waals surface area contributed by atoms with Crippen molar-refractivity contribution in [2.75, 3.05) is 0 Å². The SMILES string of the molecule is CC(C)c1noc(Cn2ccc3cccc(C(=O)O)c32)n1. The number of hydrogen-bond donors (Lipinski definition) is 1. The van der Waals surface area contributed by atoms with Gasteiger partial charge in [-0.25, -0.2) is 4.79 Å². The lowest BCUT2D eigenvalue weighted by Crippen LogP contribution is -2.04. The first-order chi connectivity index (χ1) is 10.1. The smallest absolute Gasteiger partial charge is 0.337 e. The summed E-state index contributed by atoms with van der Waals surface area (Å²) >= 11 is 0. The predicted molar refractivity (Wildman–Crippen MR) is 76.4 cm³/mol. The van der Waals surface area contributed by atoms with Crippen molar-refractivity contribution in [2.45, 2.75) is 26.3 Å². The fourth-order valence-electron chi connectivity index (χ4n) is 2.28. The molecule has 2 aromatic heterocycles. The number of nitrogens with zero attached hydrogens (tertiary/aromatic N) is 3. The van der Waals surface area contributed by atoms with Gasteiger partial charge in [0.05, 0.1) is 11.1 Å². The Kier molecular flexibility index (Phi) is 3.21. The highest BCUT2D eigenvalue weighted by Crippen LogP contribution is 2.21. The summed E-state index contributed by atoms with van der Waals surface area (Å²) in [5.41, 5.74) is 0.926. The molecule has 1 N–H and O–H groups in total. The molecule has 21 heavy (non-hydrogen) atoms. The first-order valence-electron chi connectivity index (χ1n) is 6.70. The molecule has 0 aliphatic heterocycles. The molecule has 0 aliphatic carbocycles. The molecule has 0 saturated heterocycles. The standard InChI is InChI=1S/C15H15N3O3/c1-9(2)14-16-12(21-17-14)8-18-7-6-10-4-3-5-11(13(10)18)15(19)20/h3-7,9H,8H2,1-2H3,(H,19,20). The molecule has 0 atom stereocenters. The first-order valence-corrected chi connectivity index (χ1v) is 6.70. The Bertz CT molecular complexity index is 801. The molecule has 3 rings (SSSR count). The van der Waals surface area contributed by atoms with Gasteiger partial charge in [0.2, 0.25) is 5.89 Å². The topological polar surface area (TPSA) is 81.2 Å². The normalized spacial score (nSPS) is 11.4. The third-order valence-electron chi connectivity index (χ3n) is 3.32. The van der Waals surface area contributed by atoms with Crippen LogP contribution in [-0.2, 0) is 6.54 Å². The zero-order chi connectivity index (χ0) is 15.0. The van der Waals surface area contributed by atoms with E-state index in [1.807, 2.05) is 36.7 Å². The van der Waals surface area contributed by atoms with Gasteiger partial charge in [-0.2, -0.15) is 4.98 Å². The van der Waals surface area contributed by atoms with Crippen LogP contribution in [0.15, 0.2) is 35.0 Å². The molecule has 1 aromatic carbocycles. The Morgan fingerprint density at radius 1 is 1.38 bits per heavy atom. The highest BCUT2D eigenvalue weighted by Gasteiger charge is 2.15. The summed E-state index contributed by atoms with van der Waals surface area (Å²) in [7, 11) is 0. The number of aromatic carboxylic acids is 1. The van der Waals surface area contributed by atoms with Gasteiger partial charge in [-0.05, 0) is 12.1 Å². The molecule has 0 bridgehead atoms. The summed E-state index contributed by atoms with van der Waals surface area (Å²) < 4.78 is 7.04. The number of carboxylic acids is 1. The second kappa shape index (κ2) is 5.05. The second-order valence-electron chi connectivity index (χ2n) is 5.19. The molecule has 0 saturated carbocycles. The number of rotatable bonds is 4. The molecule has 0 amide bonds. The van der Waals surface area contributed by atoms with Gasteiger partial charge in [-0.3, -0.25) is 0 Å². The van der Waals surface area contributed by atoms with E-state index in [9.17, 15) is 9.90 Å². The molecular weight excluding hydrogens is 270 g/mol. The highest BCUT2D eigenvalue weighted by atomic mass is 16.5. The first kappa shape index (κ1) is 13.4. The van der Waals surface area contributed by atoms with Gasteiger partial charge in [-0.1, -0.05) is 31.1 Å². The van der Waals surface area contributed by atoms with Crippen LogP contribution in [0.25, 0.3) is 10.9 Å². The molecular formula is C15H15N3O3. The minimum absolute atomic E-state index is 0.193. The fourth-order valence-corrected chi connectivity index (χ4v) is 2.28. The largest absolute Gasteiger partial charge is 0.478 e. The lowest BCUT2D eigenvalue weighted by molar-refractivity contribution is 0.0698. The summed E-state index contributed by atoms with van der Waals surface area (Å²) in [4.78, 5) is 15.7. The molecule has 3 aromatic rings. The number of aromatic nitrogens is 3. The van der Waals surface area contributed by atoms with E-state index in [0.29, 0.717) is 23.8 Å². The monoisotopic (exact) mass is 285 g/mol. The van der Waals surface area contributed by atoms with Crippen molar-refractivity contribution in [3.05, 3.63) is 47.7 Å². The molecule has 0 radical (unpaired) electrons. The van der Waals surface area contributed by atoms with E-state index in [-0.39, 0.29) is 11.5 Å². The van der Waals surface area contributed by atoms with Crippen molar-refractivity contribution in [2.24, 2.45) is 0 Å². The summed E-state index contributed by atoms with van der Waals surface area (Å²) in [6, 6.07) is 7.08. The maximum Gasteiger partial charge on any atom is 0.337 e. The van der Waals surface area contributed by atoms with Crippen LogP contribution < -0.4 is 0 Å². The van der Waals surface area contributed by atoms with Gasteiger partial charge in [0.1, 0.15) is 6.54 Å². The van der Waals surface area contributed by atoms with Crippen LogP contribution in [0.1, 0.15) is 41.8 Å². The Morgan fingerprint density at radius 3 is 2.86 bits per heavy atom. The zero-order valence-corrected chi connectivity index (χ0v) is 11.8. The number of carboxylic acid groups (broad SMARTS) is 1. The molecule has 6 nitrogen and oxygen atoms in total. The van der Waals surface area contributed by atoms with E-state index < -0.39 is 5.97 Å². The third kappa shape index (κ3) is 2.40. The summed E-state index contributed by atoms with van der Waals surface area (Å²) in [6.07, 6.45) is 1.83. The highest BCUT2D eigenvalue weighted by molar-refractivity contribution is 6.02. The minimum Gasteiger partial charge on any atom is -0.478 e. The van der Waals surface area contributed by atoms with Crippen LogP contribution >= 0.6 is 0 Å². The van der Waals surface area contributed by atoms with E-state index in [0.717, 1.165) is 5.39 Å². The lowest BCUT2D eigenvalue weighted by Gasteiger charge is -2.04. The van der Waals surface area contributed by atoms with Gasteiger partial charge >= 0.3 is 5.97 Å². The zero-order valence-electron chi connectivity index (χ0n) is 11.8. The van der Waals surface area contributed by atoms with Crippen molar-refractivity contribution >= 4 is 16.9 Å². The van der Waals surface area contributed by atoms with Gasteiger partial charge in [0, 0.05) is 17.5 Å². The number of carbonyl (C=O) groups is 1.